The quantitative estimate of drug-likeness (QED) is 0.723. The van der Waals surface area contributed by atoms with Crippen LogP contribution < -0.4 is 5.32 Å². The molecule has 2 heteroatoms. The first-order valence-electron chi connectivity index (χ1n) is 5.47. The van der Waals surface area contributed by atoms with Gasteiger partial charge >= 0.3 is 0 Å². The third-order valence-electron chi connectivity index (χ3n) is 2.66. The highest BCUT2D eigenvalue weighted by Gasteiger charge is 2.35. The van der Waals surface area contributed by atoms with Crippen molar-refractivity contribution in [3.8, 4) is 0 Å². The van der Waals surface area contributed by atoms with Crippen molar-refractivity contribution < 1.29 is 4.74 Å². The fourth-order valence-electron chi connectivity index (χ4n) is 1.88. The van der Waals surface area contributed by atoms with Crippen LogP contribution in [0, 0.1) is 0 Å². The Morgan fingerprint density at radius 1 is 1.08 bits per heavy atom. The van der Waals surface area contributed by atoms with E-state index in [0.29, 0.717) is 6.10 Å². The number of rotatable bonds is 3. The van der Waals surface area contributed by atoms with Gasteiger partial charge in [-0.1, -0.05) is 0 Å². The molecule has 1 N–H and O–H groups in total. The van der Waals surface area contributed by atoms with Crippen LogP contribution in [-0.2, 0) is 4.74 Å². The first kappa shape index (κ1) is 9.47. The molecule has 0 radical (unpaired) electrons. The predicted octanol–water partition coefficient (Wildman–Crippen LogP) is 2.08. The van der Waals surface area contributed by atoms with Crippen LogP contribution in [0.4, 0.5) is 0 Å². The zero-order chi connectivity index (χ0) is 9.47. The van der Waals surface area contributed by atoms with Gasteiger partial charge in [-0.25, -0.2) is 0 Å². The summed E-state index contributed by atoms with van der Waals surface area (Å²) in [7, 11) is 0. The highest BCUT2D eigenvalue weighted by atomic mass is 16.5. The smallest absolute Gasteiger partial charge is 0.0612 e. The molecular weight excluding hydrogens is 162 g/mol. The third-order valence-corrected chi connectivity index (χ3v) is 2.66. The molecule has 13 heavy (non-hydrogen) atoms. The topological polar surface area (TPSA) is 21.3 Å². The van der Waals surface area contributed by atoms with Crippen molar-refractivity contribution in [3.63, 3.8) is 0 Å². The van der Waals surface area contributed by atoms with E-state index in [0.717, 1.165) is 12.1 Å². The molecule has 0 saturated heterocycles. The third kappa shape index (κ3) is 2.96. The lowest BCUT2D eigenvalue weighted by molar-refractivity contribution is -0.102. The van der Waals surface area contributed by atoms with E-state index in [4.69, 9.17) is 4.74 Å². The van der Waals surface area contributed by atoms with E-state index < -0.39 is 0 Å². The molecule has 0 aromatic rings. The van der Waals surface area contributed by atoms with Gasteiger partial charge in [-0.15, -0.1) is 0 Å². The van der Waals surface area contributed by atoms with Crippen LogP contribution >= 0.6 is 0 Å². The van der Waals surface area contributed by atoms with E-state index in [1.54, 1.807) is 0 Å². The average molecular weight is 183 g/mol. The summed E-state index contributed by atoms with van der Waals surface area (Å²) in [5.74, 6) is 0. The van der Waals surface area contributed by atoms with Crippen molar-refractivity contribution in [2.24, 2.45) is 0 Å². The Hall–Kier alpha value is -0.0800. The Morgan fingerprint density at radius 2 is 1.69 bits per heavy atom. The molecule has 0 unspecified atom stereocenters. The molecule has 0 amide bonds. The summed E-state index contributed by atoms with van der Waals surface area (Å²) in [5.41, 5.74) is 0.0369. The van der Waals surface area contributed by atoms with Gasteiger partial charge in [0.05, 0.1) is 11.7 Å². The van der Waals surface area contributed by atoms with Gasteiger partial charge in [0.25, 0.3) is 0 Å². The summed E-state index contributed by atoms with van der Waals surface area (Å²) in [5, 5.41) is 3.63. The van der Waals surface area contributed by atoms with Gasteiger partial charge < -0.3 is 10.1 Å². The van der Waals surface area contributed by atoms with Gasteiger partial charge in [0.15, 0.2) is 0 Å². The average Bonchev–Trinajstić information content (AvgIpc) is 2.63. The number of hydrogen-bond donors (Lipinski definition) is 1. The molecule has 0 aromatic heterocycles. The number of nitrogens with one attached hydrogen (secondary N) is 1. The summed E-state index contributed by atoms with van der Waals surface area (Å²) in [4.78, 5) is 0. The van der Waals surface area contributed by atoms with Crippen molar-refractivity contribution in [2.75, 3.05) is 0 Å². The lowest BCUT2D eigenvalue weighted by Gasteiger charge is -2.39. The zero-order valence-electron chi connectivity index (χ0n) is 8.97. The Morgan fingerprint density at radius 3 is 2.15 bits per heavy atom. The predicted molar refractivity (Wildman–Crippen MR) is 53.8 cm³/mol. The fraction of sp³-hybridized carbons (Fsp3) is 1.00. The van der Waals surface area contributed by atoms with Crippen LogP contribution in [0.25, 0.3) is 0 Å². The van der Waals surface area contributed by atoms with Crippen LogP contribution in [0.5, 0.6) is 0 Å². The largest absolute Gasteiger partial charge is 0.373 e. The maximum absolute atomic E-state index is 5.87. The number of ether oxygens (including phenoxy) is 1. The second-order valence-electron chi connectivity index (χ2n) is 5.46. The van der Waals surface area contributed by atoms with Gasteiger partial charge in [-0.3, -0.25) is 0 Å². The van der Waals surface area contributed by atoms with Gasteiger partial charge in [-0.2, -0.15) is 0 Å². The molecule has 0 aromatic carbocycles. The van der Waals surface area contributed by atoms with Gasteiger partial charge in [0.2, 0.25) is 0 Å². The first-order valence-corrected chi connectivity index (χ1v) is 5.47. The van der Waals surface area contributed by atoms with Crippen molar-refractivity contribution in [1.29, 1.82) is 0 Å². The minimum absolute atomic E-state index is 0.0369. The second kappa shape index (κ2) is 3.25. The van der Waals surface area contributed by atoms with Crippen molar-refractivity contribution in [2.45, 2.75) is 70.2 Å². The van der Waals surface area contributed by atoms with E-state index in [2.05, 4.69) is 26.1 Å². The summed E-state index contributed by atoms with van der Waals surface area (Å²) in [6.45, 7) is 6.40. The molecule has 0 bridgehead atoms. The maximum Gasteiger partial charge on any atom is 0.0612 e. The molecule has 2 saturated carbocycles. The molecule has 2 nitrogen and oxygen atoms in total. The summed E-state index contributed by atoms with van der Waals surface area (Å²) in [6, 6.07) is 1.60. The molecule has 76 valence electrons. The van der Waals surface area contributed by atoms with E-state index in [1.807, 2.05) is 0 Å². The molecule has 2 fully saturated rings. The Kier molecular flexibility index (Phi) is 2.37. The second-order valence-corrected chi connectivity index (χ2v) is 5.46. The standard InChI is InChI=1S/C11H21NO/c1-11(2,3)13-10-6-9(7-10)12-8-4-5-8/h8-10,12H,4-7H2,1-3H3. The lowest BCUT2D eigenvalue weighted by Crippen LogP contribution is -2.48. The fourth-order valence-corrected chi connectivity index (χ4v) is 1.88. The van der Waals surface area contributed by atoms with E-state index in [-0.39, 0.29) is 5.60 Å². The SMILES string of the molecule is CC(C)(C)OC1CC(NC2CC2)C1. The van der Waals surface area contributed by atoms with Crippen LogP contribution in [0.1, 0.15) is 46.5 Å². The van der Waals surface area contributed by atoms with E-state index in [9.17, 15) is 0 Å². The molecule has 0 atom stereocenters. The molecule has 2 aliphatic rings. The van der Waals surface area contributed by atoms with Crippen LogP contribution in [0.3, 0.4) is 0 Å². The van der Waals surface area contributed by atoms with Gasteiger partial charge in [-0.05, 0) is 46.5 Å². The molecule has 2 rings (SSSR count). The van der Waals surface area contributed by atoms with Crippen molar-refractivity contribution in [3.05, 3.63) is 0 Å². The summed E-state index contributed by atoms with van der Waals surface area (Å²) in [6.07, 6.45) is 5.72. The molecule has 0 spiro atoms. The van der Waals surface area contributed by atoms with Crippen LogP contribution in [0.15, 0.2) is 0 Å². The lowest BCUT2D eigenvalue weighted by atomic mass is 9.88. The van der Waals surface area contributed by atoms with Gasteiger partial charge in [0.1, 0.15) is 0 Å². The Labute approximate surface area is 81.0 Å². The molecule has 0 heterocycles. The molecule has 0 aliphatic heterocycles. The van der Waals surface area contributed by atoms with E-state index >= 15 is 0 Å². The van der Waals surface area contributed by atoms with Crippen LogP contribution in [0.2, 0.25) is 0 Å². The highest BCUT2D eigenvalue weighted by molar-refractivity contribution is 4.93. The molecular formula is C11H21NO. The van der Waals surface area contributed by atoms with Crippen molar-refractivity contribution >= 4 is 0 Å². The first-order chi connectivity index (χ1) is 6.03. The van der Waals surface area contributed by atoms with Gasteiger partial charge in [0, 0.05) is 12.1 Å². The van der Waals surface area contributed by atoms with E-state index in [1.165, 1.54) is 25.7 Å². The Balaban J connectivity index is 1.60. The van der Waals surface area contributed by atoms with Crippen LogP contribution in [-0.4, -0.2) is 23.8 Å². The monoisotopic (exact) mass is 183 g/mol. The summed E-state index contributed by atoms with van der Waals surface area (Å²) < 4.78 is 5.87. The normalized spacial score (nSPS) is 34.4. The Bertz CT molecular complexity index is 175. The van der Waals surface area contributed by atoms with Crippen molar-refractivity contribution in [1.82, 2.24) is 5.32 Å². The minimum Gasteiger partial charge on any atom is -0.373 e. The zero-order valence-corrected chi connectivity index (χ0v) is 8.97. The minimum atomic E-state index is 0.0369. The number of hydrogen-bond acceptors (Lipinski definition) is 2. The molecule has 2 aliphatic carbocycles. The highest BCUT2D eigenvalue weighted by Crippen LogP contribution is 2.30. The maximum atomic E-state index is 5.87. The summed E-state index contributed by atoms with van der Waals surface area (Å²) >= 11 is 0.